The van der Waals surface area contributed by atoms with Crippen LogP contribution in [0.3, 0.4) is 0 Å². The van der Waals surface area contributed by atoms with E-state index in [1.54, 1.807) is 6.92 Å². The number of nitrogens with zero attached hydrogens (tertiary/aromatic N) is 4. The van der Waals surface area contributed by atoms with Crippen molar-refractivity contribution >= 4 is 17.5 Å². The van der Waals surface area contributed by atoms with Gasteiger partial charge in [0.1, 0.15) is 0 Å². The lowest BCUT2D eigenvalue weighted by Gasteiger charge is -2.27. The van der Waals surface area contributed by atoms with Gasteiger partial charge in [0.05, 0.1) is 24.5 Å². The SMILES string of the molecule is Cc1cccc(-c2nc(C(C)C)no2)c1NC(=O)CCc1c(C)nc(N2CCOCC2)[nH]c1=O. The second-order valence-electron chi connectivity index (χ2n) is 8.71. The Hall–Kier alpha value is -3.53. The van der Waals surface area contributed by atoms with Gasteiger partial charge in [-0.2, -0.15) is 4.98 Å². The predicted molar refractivity (Wildman–Crippen MR) is 128 cm³/mol. The minimum Gasteiger partial charge on any atom is -0.378 e. The van der Waals surface area contributed by atoms with Gasteiger partial charge in [0.15, 0.2) is 5.82 Å². The highest BCUT2D eigenvalue weighted by Gasteiger charge is 2.19. The number of aromatic amines is 1. The van der Waals surface area contributed by atoms with Crippen molar-refractivity contribution in [3.05, 3.63) is 51.2 Å². The van der Waals surface area contributed by atoms with Crippen molar-refractivity contribution in [2.45, 2.75) is 46.5 Å². The molecule has 0 atom stereocenters. The van der Waals surface area contributed by atoms with E-state index < -0.39 is 0 Å². The van der Waals surface area contributed by atoms with Gasteiger partial charge in [-0.15, -0.1) is 0 Å². The van der Waals surface area contributed by atoms with Crippen molar-refractivity contribution in [1.29, 1.82) is 0 Å². The number of carbonyl (C=O) groups is 1. The first-order valence-electron chi connectivity index (χ1n) is 11.5. The summed E-state index contributed by atoms with van der Waals surface area (Å²) in [6.07, 6.45) is 0.417. The van der Waals surface area contributed by atoms with Crippen LogP contribution in [-0.4, -0.2) is 52.3 Å². The predicted octanol–water partition coefficient (Wildman–Crippen LogP) is 2.97. The summed E-state index contributed by atoms with van der Waals surface area (Å²) in [5.41, 5.74) is 3.08. The fraction of sp³-hybridized carbons (Fsp3) is 0.458. The smallest absolute Gasteiger partial charge is 0.260 e. The molecular formula is C24H30N6O4. The summed E-state index contributed by atoms with van der Waals surface area (Å²) in [5.74, 6) is 1.43. The molecule has 0 radical (unpaired) electrons. The summed E-state index contributed by atoms with van der Waals surface area (Å²) in [5, 5.41) is 6.99. The van der Waals surface area contributed by atoms with Gasteiger partial charge >= 0.3 is 0 Å². The van der Waals surface area contributed by atoms with Crippen molar-refractivity contribution in [1.82, 2.24) is 20.1 Å². The number of hydrogen-bond donors (Lipinski definition) is 2. The first-order chi connectivity index (χ1) is 16.3. The second-order valence-corrected chi connectivity index (χ2v) is 8.71. The molecule has 1 amide bonds. The minimum atomic E-state index is -0.217. The Morgan fingerprint density at radius 1 is 1.21 bits per heavy atom. The van der Waals surface area contributed by atoms with Crippen LogP contribution in [0.4, 0.5) is 11.6 Å². The minimum absolute atomic E-state index is 0.130. The number of para-hydroxylation sites is 1. The van der Waals surface area contributed by atoms with E-state index in [9.17, 15) is 9.59 Å². The molecule has 2 N–H and O–H groups in total. The van der Waals surface area contributed by atoms with E-state index in [4.69, 9.17) is 9.26 Å². The molecule has 180 valence electrons. The first-order valence-corrected chi connectivity index (χ1v) is 11.5. The average molecular weight is 467 g/mol. The summed E-state index contributed by atoms with van der Waals surface area (Å²) in [4.78, 5) is 39.4. The number of H-pyrrole nitrogens is 1. The quantitative estimate of drug-likeness (QED) is 0.544. The molecule has 2 aromatic heterocycles. The average Bonchev–Trinajstić information content (AvgIpc) is 3.31. The summed E-state index contributed by atoms with van der Waals surface area (Å²) in [7, 11) is 0. The van der Waals surface area contributed by atoms with Gasteiger partial charge in [0.2, 0.25) is 11.9 Å². The number of nitrogens with one attached hydrogen (secondary N) is 2. The number of ether oxygens (including phenoxy) is 1. The molecule has 0 bridgehead atoms. The molecule has 34 heavy (non-hydrogen) atoms. The molecule has 3 heterocycles. The molecule has 0 unspecified atom stereocenters. The van der Waals surface area contributed by atoms with Crippen LogP contribution in [0.15, 0.2) is 27.5 Å². The molecular weight excluding hydrogens is 436 g/mol. The lowest BCUT2D eigenvalue weighted by molar-refractivity contribution is -0.116. The highest BCUT2D eigenvalue weighted by Crippen LogP contribution is 2.30. The van der Waals surface area contributed by atoms with Crippen molar-refractivity contribution in [3.8, 4) is 11.5 Å². The zero-order chi connectivity index (χ0) is 24.2. The lowest BCUT2D eigenvalue weighted by atomic mass is 10.1. The van der Waals surface area contributed by atoms with Crippen molar-refractivity contribution in [3.63, 3.8) is 0 Å². The zero-order valence-corrected chi connectivity index (χ0v) is 20.0. The maximum atomic E-state index is 12.8. The Morgan fingerprint density at radius 3 is 2.65 bits per heavy atom. The fourth-order valence-corrected chi connectivity index (χ4v) is 3.85. The molecule has 1 aromatic carbocycles. The maximum Gasteiger partial charge on any atom is 0.260 e. The molecule has 0 spiro atoms. The van der Waals surface area contributed by atoms with Crippen LogP contribution < -0.4 is 15.8 Å². The molecule has 1 fully saturated rings. The Bertz CT molecular complexity index is 1230. The van der Waals surface area contributed by atoms with Crippen LogP contribution in [0.1, 0.15) is 48.8 Å². The summed E-state index contributed by atoms with van der Waals surface area (Å²) in [6.45, 7) is 10.3. The number of amides is 1. The van der Waals surface area contributed by atoms with Gasteiger partial charge in [-0.05, 0) is 31.9 Å². The molecule has 10 heteroatoms. The molecule has 1 aliphatic heterocycles. The maximum absolute atomic E-state index is 12.8. The van der Waals surface area contributed by atoms with Gasteiger partial charge in [0, 0.05) is 36.7 Å². The van der Waals surface area contributed by atoms with Crippen LogP contribution >= 0.6 is 0 Å². The second kappa shape index (κ2) is 10.2. The number of aromatic nitrogens is 4. The molecule has 1 saturated heterocycles. The fourth-order valence-electron chi connectivity index (χ4n) is 3.85. The number of anilines is 2. The third kappa shape index (κ3) is 5.17. The summed E-state index contributed by atoms with van der Waals surface area (Å²) in [6, 6.07) is 5.62. The largest absolute Gasteiger partial charge is 0.378 e. The van der Waals surface area contributed by atoms with E-state index in [1.165, 1.54) is 0 Å². The normalized spacial score (nSPS) is 14.0. The van der Waals surface area contributed by atoms with E-state index in [-0.39, 0.29) is 30.2 Å². The van der Waals surface area contributed by atoms with Gasteiger partial charge < -0.3 is 19.5 Å². The van der Waals surface area contributed by atoms with Crippen LogP contribution in [0, 0.1) is 13.8 Å². The molecule has 0 aliphatic carbocycles. The topological polar surface area (TPSA) is 126 Å². The van der Waals surface area contributed by atoms with Crippen LogP contribution in [-0.2, 0) is 16.0 Å². The van der Waals surface area contributed by atoms with Crippen LogP contribution in [0.2, 0.25) is 0 Å². The van der Waals surface area contributed by atoms with E-state index in [0.717, 1.165) is 5.56 Å². The highest BCUT2D eigenvalue weighted by molar-refractivity contribution is 5.95. The monoisotopic (exact) mass is 466 g/mol. The van der Waals surface area contributed by atoms with E-state index in [0.29, 0.717) is 66.5 Å². The van der Waals surface area contributed by atoms with E-state index in [1.807, 2.05) is 43.9 Å². The Morgan fingerprint density at radius 2 is 1.97 bits per heavy atom. The molecule has 10 nitrogen and oxygen atoms in total. The number of hydrogen-bond acceptors (Lipinski definition) is 8. The Labute approximate surface area is 197 Å². The van der Waals surface area contributed by atoms with Crippen molar-refractivity contribution in [2.75, 3.05) is 36.5 Å². The zero-order valence-electron chi connectivity index (χ0n) is 20.0. The molecule has 3 aromatic rings. The standard InChI is InChI=1S/C24H30N6O4/c1-14(2)21-27-23(34-29-21)18-7-5-6-15(3)20(18)26-19(31)9-8-17-16(4)25-24(28-22(17)32)30-10-12-33-13-11-30/h5-7,14H,8-13H2,1-4H3,(H,26,31)(H,25,28,32). The lowest BCUT2D eigenvalue weighted by Crippen LogP contribution is -2.38. The molecule has 1 aliphatic rings. The van der Waals surface area contributed by atoms with Crippen LogP contribution in [0.25, 0.3) is 11.5 Å². The summed E-state index contributed by atoms with van der Waals surface area (Å²) >= 11 is 0. The third-order valence-electron chi connectivity index (χ3n) is 5.85. The highest BCUT2D eigenvalue weighted by atomic mass is 16.5. The number of benzene rings is 1. The number of morpholine rings is 1. The number of aryl methyl sites for hydroxylation is 2. The molecule has 4 rings (SSSR count). The van der Waals surface area contributed by atoms with Crippen molar-refractivity contribution in [2.24, 2.45) is 0 Å². The van der Waals surface area contributed by atoms with Gasteiger partial charge in [0.25, 0.3) is 11.4 Å². The van der Waals surface area contributed by atoms with Gasteiger partial charge in [-0.25, -0.2) is 4.98 Å². The summed E-state index contributed by atoms with van der Waals surface area (Å²) < 4.78 is 10.8. The van der Waals surface area contributed by atoms with Gasteiger partial charge in [-0.1, -0.05) is 31.1 Å². The van der Waals surface area contributed by atoms with E-state index >= 15 is 0 Å². The Kier molecular flexibility index (Phi) is 7.06. The molecule has 0 saturated carbocycles. The van der Waals surface area contributed by atoms with E-state index in [2.05, 4.69) is 25.4 Å². The number of carbonyl (C=O) groups excluding carboxylic acids is 1. The first kappa shape index (κ1) is 23.6. The van der Waals surface area contributed by atoms with Crippen molar-refractivity contribution < 1.29 is 14.1 Å². The van der Waals surface area contributed by atoms with Crippen LogP contribution in [0.5, 0.6) is 0 Å². The van der Waals surface area contributed by atoms with Gasteiger partial charge in [-0.3, -0.25) is 14.6 Å². The Balaban J connectivity index is 1.47. The third-order valence-corrected chi connectivity index (χ3v) is 5.85. The number of rotatable bonds is 7.